The Morgan fingerprint density at radius 3 is 2.71 bits per heavy atom. The van der Waals surface area contributed by atoms with Crippen molar-refractivity contribution >= 4 is 11.9 Å². The third-order valence-electron chi connectivity index (χ3n) is 3.72. The molecule has 3 heterocycles. The SMILES string of the molecule is Cc1cc(-n2c(C)cc(/C=C(\C#N)C(=O)c3ccco3)c2C)no1. The molecular weight excluding hydrogens is 306 g/mol. The molecule has 0 atom stereocenters. The van der Waals surface area contributed by atoms with Crippen LogP contribution >= 0.6 is 0 Å². The molecule has 24 heavy (non-hydrogen) atoms. The molecular formula is C18H15N3O3. The van der Waals surface area contributed by atoms with Gasteiger partial charge >= 0.3 is 0 Å². The minimum atomic E-state index is -0.440. The van der Waals surface area contributed by atoms with Crippen molar-refractivity contribution in [2.75, 3.05) is 0 Å². The molecule has 0 saturated heterocycles. The first kappa shape index (κ1) is 15.6. The summed E-state index contributed by atoms with van der Waals surface area (Å²) < 4.78 is 12.1. The zero-order valence-corrected chi connectivity index (χ0v) is 13.5. The van der Waals surface area contributed by atoms with Gasteiger partial charge in [0.2, 0.25) is 5.78 Å². The Morgan fingerprint density at radius 1 is 1.33 bits per heavy atom. The Hall–Kier alpha value is -3.33. The molecule has 0 radical (unpaired) electrons. The summed E-state index contributed by atoms with van der Waals surface area (Å²) in [6, 6.07) is 8.82. The molecule has 0 aromatic carbocycles. The fourth-order valence-corrected chi connectivity index (χ4v) is 2.59. The molecule has 0 spiro atoms. The summed E-state index contributed by atoms with van der Waals surface area (Å²) in [6.45, 7) is 5.64. The van der Waals surface area contributed by atoms with Gasteiger partial charge in [-0.1, -0.05) is 5.16 Å². The number of hydrogen-bond acceptors (Lipinski definition) is 5. The van der Waals surface area contributed by atoms with Crippen molar-refractivity contribution in [3.05, 3.63) is 64.6 Å². The molecule has 0 N–H and O–H groups in total. The van der Waals surface area contributed by atoms with E-state index < -0.39 is 5.78 Å². The number of hydrogen-bond donors (Lipinski definition) is 0. The van der Waals surface area contributed by atoms with Crippen LogP contribution in [0, 0.1) is 32.1 Å². The van der Waals surface area contributed by atoms with Gasteiger partial charge in [0.25, 0.3) is 0 Å². The van der Waals surface area contributed by atoms with Crippen LogP contribution in [0.15, 0.2) is 45.0 Å². The summed E-state index contributed by atoms with van der Waals surface area (Å²) in [6.07, 6.45) is 2.97. The molecule has 0 bridgehead atoms. The third kappa shape index (κ3) is 2.68. The van der Waals surface area contributed by atoms with E-state index in [1.54, 1.807) is 12.1 Å². The van der Waals surface area contributed by atoms with Crippen LogP contribution in [0.3, 0.4) is 0 Å². The van der Waals surface area contributed by atoms with Crippen molar-refractivity contribution in [3.8, 4) is 11.9 Å². The molecule has 0 unspecified atom stereocenters. The van der Waals surface area contributed by atoms with Gasteiger partial charge in [0.05, 0.1) is 6.26 Å². The van der Waals surface area contributed by atoms with Crippen molar-refractivity contribution in [1.82, 2.24) is 9.72 Å². The topological polar surface area (TPSA) is 85.0 Å². The van der Waals surface area contributed by atoms with Crippen LogP contribution in [0.1, 0.15) is 33.3 Å². The molecule has 0 aliphatic rings. The van der Waals surface area contributed by atoms with E-state index >= 15 is 0 Å². The highest BCUT2D eigenvalue weighted by Crippen LogP contribution is 2.23. The summed E-state index contributed by atoms with van der Waals surface area (Å²) in [5, 5.41) is 13.3. The van der Waals surface area contributed by atoms with E-state index in [9.17, 15) is 10.1 Å². The van der Waals surface area contributed by atoms with Crippen LogP contribution in [-0.2, 0) is 0 Å². The lowest BCUT2D eigenvalue weighted by Crippen LogP contribution is -2.01. The number of Topliss-reactive ketones (excluding diaryl/α,β-unsaturated/α-hetero) is 1. The van der Waals surface area contributed by atoms with Crippen LogP contribution < -0.4 is 0 Å². The highest BCUT2D eigenvalue weighted by atomic mass is 16.5. The Bertz CT molecular complexity index is 966. The number of rotatable bonds is 4. The fraction of sp³-hybridized carbons (Fsp3) is 0.167. The Morgan fingerprint density at radius 2 is 2.12 bits per heavy atom. The average molecular weight is 321 g/mol. The molecule has 3 aromatic heterocycles. The van der Waals surface area contributed by atoms with Crippen molar-refractivity contribution < 1.29 is 13.7 Å². The van der Waals surface area contributed by atoms with Gasteiger partial charge in [-0.2, -0.15) is 5.26 Å². The maximum atomic E-state index is 12.3. The van der Waals surface area contributed by atoms with Gasteiger partial charge in [0.1, 0.15) is 17.4 Å². The van der Waals surface area contributed by atoms with E-state index in [1.165, 1.54) is 12.3 Å². The molecule has 120 valence electrons. The number of aromatic nitrogens is 2. The zero-order chi connectivity index (χ0) is 17.3. The largest absolute Gasteiger partial charge is 0.461 e. The standard InChI is InChI=1S/C18H15N3O3/c1-11-7-14(13(3)21(11)17-8-12(2)24-20-17)9-15(10-19)18(22)16-5-4-6-23-16/h4-9H,1-3H3/b15-9+. The van der Waals surface area contributed by atoms with Crippen LogP contribution in [-0.4, -0.2) is 15.5 Å². The molecule has 6 heteroatoms. The lowest BCUT2D eigenvalue weighted by atomic mass is 10.1. The Balaban J connectivity index is 2.04. The monoisotopic (exact) mass is 321 g/mol. The first-order valence-corrected chi connectivity index (χ1v) is 7.34. The van der Waals surface area contributed by atoms with Crippen molar-refractivity contribution in [2.24, 2.45) is 0 Å². The minimum Gasteiger partial charge on any atom is -0.461 e. The maximum Gasteiger partial charge on any atom is 0.238 e. The van der Waals surface area contributed by atoms with Crippen molar-refractivity contribution in [1.29, 1.82) is 5.26 Å². The number of nitrogens with zero attached hydrogens (tertiary/aromatic N) is 3. The number of nitriles is 1. The van der Waals surface area contributed by atoms with Crippen LogP contribution in [0.25, 0.3) is 11.9 Å². The number of carbonyl (C=O) groups is 1. The normalized spacial score (nSPS) is 11.5. The van der Waals surface area contributed by atoms with E-state index in [-0.39, 0.29) is 11.3 Å². The number of aryl methyl sites for hydroxylation is 2. The maximum absolute atomic E-state index is 12.3. The van der Waals surface area contributed by atoms with Gasteiger partial charge in [-0.3, -0.25) is 9.36 Å². The smallest absolute Gasteiger partial charge is 0.238 e. The number of allylic oxidation sites excluding steroid dienone is 1. The van der Waals surface area contributed by atoms with Gasteiger partial charge in [0.15, 0.2) is 11.6 Å². The molecule has 0 amide bonds. The van der Waals surface area contributed by atoms with Gasteiger partial charge in [0, 0.05) is 17.5 Å². The molecule has 0 aliphatic heterocycles. The minimum absolute atomic E-state index is 0.0153. The molecule has 0 saturated carbocycles. The van der Waals surface area contributed by atoms with E-state index in [0.717, 1.165) is 17.0 Å². The lowest BCUT2D eigenvalue weighted by molar-refractivity contribution is 0.101. The Kier molecular flexibility index (Phi) is 3.92. The zero-order valence-electron chi connectivity index (χ0n) is 13.5. The quantitative estimate of drug-likeness (QED) is 0.415. The second-order valence-electron chi connectivity index (χ2n) is 5.43. The van der Waals surface area contributed by atoms with Gasteiger partial charge in [-0.15, -0.1) is 0 Å². The van der Waals surface area contributed by atoms with Gasteiger partial charge in [-0.05, 0) is 50.6 Å². The summed E-state index contributed by atoms with van der Waals surface area (Å²) in [5.74, 6) is 1.08. The lowest BCUT2D eigenvalue weighted by Gasteiger charge is -2.04. The van der Waals surface area contributed by atoms with E-state index in [4.69, 9.17) is 8.94 Å². The van der Waals surface area contributed by atoms with Gasteiger partial charge < -0.3 is 8.94 Å². The summed E-state index contributed by atoms with van der Waals surface area (Å²) in [7, 11) is 0. The van der Waals surface area contributed by atoms with Crippen molar-refractivity contribution in [3.63, 3.8) is 0 Å². The van der Waals surface area contributed by atoms with Crippen LogP contribution in [0.2, 0.25) is 0 Å². The summed E-state index contributed by atoms with van der Waals surface area (Å²) >= 11 is 0. The second-order valence-corrected chi connectivity index (χ2v) is 5.43. The molecule has 3 aromatic rings. The molecule has 0 fully saturated rings. The van der Waals surface area contributed by atoms with Gasteiger partial charge in [-0.25, -0.2) is 0 Å². The predicted molar refractivity (Wildman–Crippen MR) is 86.7 cm³/mol. The summed E-state index contributed by atoms with van der Waals surface area (Å²) in [4.78, 5) is 12.3. The molecule has 6 nitrogen and oxygen atoms in total. The first-order valence-electron chi connectivity index (χ1n) is 7.34. The molecule has 3 rings (SSSR count). The van der Waals surface area contributed by atoms with E-state index in [2.05, 4.69) is 5.16 Å². The summed E-state index contributed by atoms with van der Waals surface area (Å²) in [5.41, 5.74) is 2.57. The van der Waals surface area contributed by atoms with Crippen LogP contribution in [0.5, 0.6) is 0 Å². The average Bonchev–Trinajstić information content (AvgIpc) is 3.27. The second kappa shape index (κ2) is 6.05. The Labute approximate surface area is 138 Å². The van der Waals surface area contributed by atoms with E-state index in [1.807, 2.05) is 43.5 Å². The fourth-order valence-electron chi connectivity index (χ4n) is 2.59. The first-order chi connectivity index (χ1) is 11.5. The highest BCUT2D eigenvalue weighted by Gasteiger charge is 2.17. The van der Waals surface area contributed by atoms with Crippen molar-refractivity contribution in [2.45, 2.75) is 20.8 Å². The highest BCUT2D eigenvalue weighted by molar-refractivity contribution is 6.12. The predicted octanol–water partition coefficient (Wildman–Crippen LogP) is 3.77. The number of carbonyl (C=O) groups excluding carboxylic acids is 1. The number of ketones is 1. The van der Waals surface area contributed by atoms with Crippen LogP contribution in [0.4, 0.5) is 0 Å². The number of furan rings is 1. The molecule has 0 aliphatic carbocycles. The third-order valence-corrected chi connectivity index (χ3v) is 3.72. The van der Waals surface area contributed by atoms with E-state index in [0.29, 0.717) is 11.6 Å².